The molecular weight excluding hydrogens is 364 g/mol. The SMILES string of the molecule is Cc1ccc(/C=C(\C#N)c2ccc(/C(C#N)=C/c3ccc(C)cc3C)cc2)c(C)c1. The summed E-state index contributed by atoms with van der Waals surface area (Å²) in [6.45, 7) is 8.22. The zero-order valence-corrected chi connectivity index (χ0v) is 17.8. The van der Waals surface area contributed by atoms with E-state index in [1.807, 2.05) is 74.5 Å². The van der Waals surface area contributed by atoms with E-state index in [0.717, 1.165) is 33.4 Å². The highest BCUT2D eigenvalue weighted by atomic mass is 14.3. The largest absolute Gasteiger partial charge is 0.192 e. The fourth-order valence-corrected chi connectivity index (χ4v) is 3.48. The number of nitriles is 2. The van der Waals surface area contributed by atoms with Crippen LogP contribution in [0.3, 0.4) is 0 Å². The molecule has 3 rings (SSSR count). The molecule has 0 bridgehead atoms. The Kier molecular flexibility index (Phi) is 6.31. The van der Waals surface area contributed by atoms with Gasteiger partial charge in [-0.2, -0.15) is 10.5 Å². The average Bonchev–Trinajstić information content (AvgIpc) is 2.73. The van der Waals surface area contributed by atoms with Gasteiger partial charge in [0.15, 0.2) is 0 Å². The maximum absolute atomic E-state index is 9.68. The van der Waals surface area contributed by atoms with Gasteiger partial charge in [-0.05, 0) is 73.2 Å². The molecular formula is C28H24N2. The van der Waals surface area contributed by atoms with Crippen LogP contribution in [0.4, 0.5) is 0 Å². The summed E-state index contributed by atoms with van der Waals surface area (Å²) in [6, 6.07) is 24.6. The highest BCUT2D eigenvalue weighted by Gasteiger charge is 2.07. The van der Waals surface area contributed by atoms with Crippen LogP contribution in [-0.4, -0.2) is 0 Å². The lowest BCUT2D eigenvalue weighted by atomic mass is 9.96. The molecule has 0 aromatic heterocycles. The van der Waals surface area contributed by atoms with E-state index in [4.69, 9.17) is 0 Å². The van der Waals surface area contributed by atoms with Crippen molar-refractivity contribution in [2.24, 2.45) is 0 Å². The van der Waals surface area contributed by atoms with Gasteiger partial charge in [0.2, 0.25) is 0 Å². The molecule has 2 nitrogen and oxygen atoms in total. The molecule has 0 atom stereocenters. The molecule has 0 unspecified atom stereocenters. The first kappa shape index (κ1) is 20.8. The fourth-order valence-electron chi connectivity index (χ4n) is 3.48. The normalized spacial score (nSPS) is 11.7. The molecule has 0 fully saturated rings. The molecule has 0 spiro atoms. The van der Waals surface area contributed by atoms with Gasteiger partial charge >= 0.3 is 0 Å². The van der Waals surface area contributed by atoms with E-state index in [0.29, 0.717) is 11.1 Å². The molecule has 146 valence electrons. The lowest BCUT2D eigenvalue weighted by Crippen LogP contribution is -1.88. The molecule has 0 aliphatic heterocycles. The monoisotopic (exact) mass is 388 g/mol. The smallest absolute Gasteiger partial charge is 0.0998 e. The Bertz CT molecular complexity index is 1130. The van der Waals surface area contributed by atoms with Crippen LogP contribution < -0.4 is 0 Å². The van der Waals surface area contributed by atoms with Crippen molar-refractivity contribution in [1.29, 1.82) is 10.5 Å². The Hall–Kier alpha value is -3.88. The van der Waals surface area contributed by atoms with Crippen molar-refractivity contribution in [3.8, 4) is 12.1 Å². The number of aryl methyl sites for hydroxylation is 4. The highest BCUT2D eigenvalue weighted by Crippen LogP contribution is 2.24. The van der Waals surface area contributed by atoms with E-state index < -0.39 is 0 Å². The zero-order valence-electron chi connectivity index (χ0n) is 17.8. The van der Waals surface area contributed by atoms with Gasteiger partial charge in [0.25, 0.3) is 0 Å². The summed E-state index contributed by atoms with van der Waals surface area (Å²) in [7, 11) is 0. The summed E-state index contributed by atoms with van der Waals surface area (Å²) >= 11 is 0. The number of nitrogens with zero attached hydrogens (tertiary/aromatic N) is 2. The summed E-state index contributed by atoms with van der Waals surface area (Å²) in [4.78, 5) is 0. The third-order valence-corrected chi connectivity index (χ3v) is 5.20. The zero-order chi connectivity index (χ0) is 21.7. The van der Waals surface area contributed by atoms with Crippen molar-refractivity contribution in [3.05, 3.63) is 105 Å². The van der Waals surface area contributed by atoms with Crippen LogP contribution in [0.5, 0.6) is 0 Å². The first-order chi connectivity index (χ1) is 14.4. The third-order valence-electron chi connectivity index (χ3n) is 5.20. The molecule has 3 aromatic carbocycles. The van der Waals surface area contributed by atoms with Crippen LogP contribution in [-0.2, 0) is 0 Å². The summed E-state index contributed by atoms with van der Waals surface area (Å²) in [5.41, 5.74) is 9.64. The Morgan fingerprint density at radius 3 is 1.27 bits per heavy atom. The van der Waals surface area contributed by atoms with Crippen LogP contribution >= 0.6 is 0 Å². The standard InChI is InChI=1S/C28H24N2/c1-19-5-7-25(21(3)13-19)15-27(17-29)23-9-11-24(12-10-23)28(18-30)16-26-8-6-20(2)14-22(26)4/h5-16H,1-4H3/b27-15+,28-16+. The molecule has 2 heteroatoms. The van der Waals surface area contributed by atoms with E-state index in [1.54, 1.807) is 0 Å². The predicted octanol–water partition coefficient (Wildman–Crippen LogP) is 7.05. The van der Waals surface area contributed by atoms with Crippen molar-refractivity contribution >= 4 is 23.3 Å². The molecule has 0 radical (unpaired) electrons. The predicted molar refractivity (Wildman–Crippen MR) is 125 cm³/mol. The fraction of sp³-hybridized carbons (Fsp3) is 0.143. The first-order valence-corrected chi connectivity index (χ1v) is 9.90. The maximum atomic E-state index is 9.68. The molecule has 0 N–H and O–H groups in total. The number of rotatable bonds is 4. The second kappa shape index (κ2) is 9.08. The maximum Gasteiger partial charge on any atom is 0.0998 e. The van der Waals surface area contributed by atoms with Gasteiger partial charge in [-0.25, -0.2) is 0 Å². The average molecular weight is 389 g/mol. The quantitative estimate of drug-likeness (QED) is 0.355. The molecule has 3 aromatic rings. The second-order valence-corrected chi connectivity index (χ2v) is 7.64. The Morgan fingerprint density at radius 1 is 0.600 bits per heavy atom. The number of benzene rings is 3. The van der Waals surface area contributed by atoms with Crippen molar-refractivity contribution in [3.63, 3.8) is 0 Å². The third kappa shape index (κ3) is 4.75. The van der Waals surface area contributed by atoms with Crippen molar-refractivity contribution < 1.29 is 0 Å². The first-order valence-electron chi connectivity index (χ1n) is 9.90. The van der Waals surface area contributed by atoms with Gasteiger partial charge in [-0.1, -0.05) is 71.8 Å². The van der Waals surface area contributed by atoms with E-state index in [2.05, 4.69) is 38.1 Å². The van der Waals surface area contributed by atoms with E-state index in [-0.39, 0.29) is 0 Å². The Morgan fingerprint density at radius 2 is 0.967 bits per heavy atom. The number of allylic oxidation sites excluding steroid dienone is 2. The lowest BCUT2D eigenvalue weighted by molar-refractivity contribution is 1.37. The van der Waals surface area contributed by atoms with Gasteiger partial charge in [0, 0.05) is 0 Å². The topological polar surface area (TPSA) is 47.6 Å². The van der Waals surface area contributed by atoms with Gasteiger partial charge < -0.3 is 0 Å². The van der Waals surface area contributed by atoms with Gasteiger partial charge in [0.1, 0.15) is 0 Å². The van der Waals surface area contributed by atoms with Crippen molar-refractivity contribution in [2.75, 3.05) is 0 Å². The summed E-state index contributed by atoms with van der Waals surface area (Å²) in [6.07, 6.45) is 3.83. The molecule has 0 aliphatic rings. The number of hydrogen-bond acceptors (Lipinski definition) is 2. The van der Waals surface area contributed by atoms with Gasteiger partial charge in [0.05, 0.1) is 23.3 Å². The molecule has 30 heavy (non-hydrogen) atoms. The van der Waals surface area contributed by atoms with Crippen LogP contribution in [0.25, 0.3) is 23.3 Å². The lowest BCUT2D eigenvalue weighted by Gasteiger charge is -2.06. The molecule has 0 saturated carbocycles. The molecule has 0 saturated heterocycles. The van der Waals surface area contributed by atoms with Crippen molar-refractivity contribution in [1.82, 2.24) is 0 Å². The summed E-state index contributed by atoms with van der Waals surface area (Å²) in [5, 5.41) is 19.4. The molecule has 0 aliphatic carbocycles. The summed E-state index contributed by atoms with van der Waals surface area (Å²) < 4.78 is 0. The van der Waals surface area contributed by atoms with Crippen LogP contribution in [0.1, 0.15) is 44.5 Å². The summed E-state index contributed by atoms with van der Waals surface area (Å²) in [5.74, 6) is 0. The van der Waals surface area contributed by atoms with Gasteiger partial charge in [-0.15, -0.1) is 0 Å². The molecule has 0 heterocycles. The Labute approximate surface area is 179 Å². The van der Waals surface area contributed by atoms with Crippen LogP contribution in [0.15, 0.2) is 60.7 Å². The second-order valence-electron chi connectivity index (χ2n) is 7.64. The van der Waals surface area contributed by atoms with Crippen LogP contribution in [0.2, 0.25) is 0 Å². The minimum atomic E-state index is 0.602. The molecule has 0 amide bonds. The number of hydrogen-bond donors (Lipinski definition) is 0. The van der Waals surface area contributed by atoms with E-state index in [1.165, 1.54) is 11.1 Å². The minimum absolute atomic E-state index is 0.602. The van der Waals surface area contributed by atoms with E-state index >= 15 is 0 Å². The van der Waals surface area contributed by atoms with E-state index in [9.17, 15) is 10.5 Å². The van der Waals surface area contributed by atoms with Crippen LogP contribution in [0, 0.1) is 50.4 Å². The highest BCUT2D eigenvalue weighted by molar-refractivity contribution is 5.93. The van der Waals surface area contributed by atoms with Gasteiger partial charge in [-0.3, -0.25) is 0 Å². The van der Waals surface area contributed by atoms with Crippen molar-refractivity contribution in [2.45, 2.75) is 27.7 Å². The Balaban J connectivity index is 1.94. The minimum Gasteiger partial charge on any atom is -0.192 e.